The van der Waals surface area contributed by atoms with Crippen molar-refractivity contribution in [1.82, 2.24) is 15.3 Å². The van der Waals surface area contributed by atoms with E-state index in [0.29, 0.717) is 11.8 Å². The van der Waals surface area contributed by atoms with Crippen molar-refractivity contribution in [3.63, 3.8) is 0 Å². The lowest BCUT2D eigenvalue weighted by atomic mass is 9.86. The molecule has 1 aromatic carbocycles. The summed E-state index contributed by atoms with van der Waals surface area (Å²) in [6, 6.07) is 18.5. The third kappa shape index (κ3) is 5.58. The van der Waals surface area contributed by atoms with E-state index in [1.54, 1.807) is 12.3 Å². The first kappa shape index (κ1) is 20.8. The summed E-state index contributed by atoms with van der Waals surface area (Å²) in [5.41, 5.74) is 4.53. The third-order valence-electron chi connectivity index (χ3n) is 5.45. The minimum atomic E-state index is -1.02. The summed E-state index contributed by atoms with van der Waals surface area (Å²) in [7, 11) is 0. The van der Waals surface area contributed by atoms with Gasteiger partial charge in [0.2, 0.25) is 5.88 Å². The molecule has 1 aliphatic rings. The van der Waals surface area contributed by atoms with E-state index in [2.05, 4.69) is 50.9 Å². The molecule has 3 N–H and O–H groups in total. The van der Waals surface area contributed by atoms with Crippen LogP contribution in [0.5, 0.6) is 5.88 Å². The smallest absolute Gasteiger partial charge is 0.341 e. The van der Waals surface area contributed by atoms with Gasteiger partial charge in [0.1, 0.15) is 0 Å². The molecule has 7 nitrogen and oxygen atoms in total. The Labute approximate surface area is 181 Å². The largest absolute Gasteiger partial charge is 0.479 e. The maximum Gasteiger partial charge on any atom is 0.341 e. The van der Waals surface area contributed by atoms with Gasteiger partial charge >= 0.3 is 5.97 Å². The van der Waals surface area contributed by atoms with Crippen LogP contribution >= 0.6 is 0 Å². The van der Waals surface area contributed by atoms with Gasteiger partial charge in [-0.1, -0.05) is 30.3 Å². The second-order valence-corrected chi connectivity index (χ2v) is 7.62. The van der Waals surface area contributed by atoms with Gasteiger partial charge in [0.15, 0.2) is 6.61 Å². The average Bonchev–Trinajstić information content (AvgIpc) is 2.81. The van der Waals surface area contributed by atoms with E-state index in [1.165, 1.54) is 5.56 Å². The van der Waals surface area contributed by atoms with Crippen LogP contribution in [0.1, 0.15) is 22.9 Å². The van der Waals surface area contributed by atoms with E-state index in [1.807, 2.05) is 24.4 Å². The zero-order valence-corrected chi connectivity index (χ0v) is 17.2. The zero-order chi connectivity index (χ0) is 21.5. The molecule has 0 unspecified atom stereocenters. The van der Waals surface area contributed by atoms with Gasteiger partial charge in [0, 0.05) is 37.0 Å². The van der Waals surface area contributed by atoms with Crippen molar-refractivity contribution in [2.75, 3.05) is 25.0 Å². The molecule has 0 saturated heterocycles. The van der Waals surface area contributed by atoms with Crippen LogP contribution in [0.3, 0.4) is 0 Å². The zero-order valence-electron chi connectivity index (χ0n) is 17.2. The van der Waals surface area contributed by atoms with Crippen molar-refractivity contribution >= 4 is 11.7 Å². The van der Waals surface area contributed by atoms with E-state index in [0.717, 1.165) is 42.9 Å². The summed E-state index contributed by atoms with van der Waals surface area (Å²) in [4.78, 5) is 19.3. The summed E-state index contributed by atoms with van der Waals surface area (Å²) >= 11 is 0. The van der Waals surface area contributed by atoms with Crippen LogP contribution in [0.25, 0.3) is 0 Å². The molecule has 0 fully saturated rings. The highest BCUT2D eigenvalue weighted by atomic mass is 16.5. The van der Waals surface area contributed by atoms with Crippen molar-refractivity contribution in [1.29, 1.82) is 0 Å². The molecule has 0 bridgehead atoms. The van der Waals surface area contributed by atoms with Gasteiger partial charge in [0.25, 0.3) is 0 Å². The molecule has 2 atom stereocenters. The first-order valence-electron chi connectivity index (χ1n) is 10.4. The Morgan fingerprint density at radius 2 is 2.03 bits per heavy atom. The number of hydrogen-bond donors (Lipinski definition) is 3. The van der Waals surface area contributed by atoms with Crippen molar-refractivity contribution < 1.29 is 14.6 Å². The first-order chi connectivity index (χ1) is 15.2. The fourth-order valence-corrected chi connectivity index (χ4v) is 3.97. The summed E-state index contributed by atoms with van der Waals surface area (Å²) in [5, 5.41) is 16.0. The van der Waals surface area contributed by atoms with Gasteiger partial charge in [-0.15, -0.1) is 0 Å². The molecule has 4 rings (SSSR count). The van der Waals surface area contributed by atoms with E-state index in [4.69, 9.17) is 9.84 Å². The average molecular weight is 418 g/mol. The lowest BCUT2D eigenvalue weighted by Crippen LogP contribution is -2.37. The fraction of sp³-hybridized carbons (Fsp3) is 0.292. The number of carbonyl (C=O) groups is 1. The SMILES string of the molecule is O=C(O)COc1cc(CCN[C@H](c2ccccc2)[C@H]2CNc3cccnc3C2)ccn1. The van der Waals surface area contributed by atoms with Crippen LogP contribution in [0.15, 0.2) is 67.0 Å². The molecule has 0 amide bonds. The predicted molar refractivity (Wildman–Crippen MR) is 118 cm³/mol. The highest BCUT2D eigenvalue weighted by molar-refractivity contribution is 5.68. The Bertz CT molecular complexity index is 1010. The maximum absolute atomic E-state index is 10.7. The Balaban J connectivity index is 1.42. The monoisotopic (exact) mass is 418 g/mol. The molecule has 31 heavy (non-hydrogen) atoms. The molecule has 0 spiro atoms. The van der Waals surface area contributed by atoms with Gasteiger partial charge in [-0.05, 0) is 48.7 Å². The molecular formula is C24H26N4O3. The predicted octanol–water partition coefficient (Wildman–Crippen LogP) is 3.10. The van der Waals surface area contributed by atoms with E-state index < -0.39 is 12.6 Å². The van der Waals surface area contributed by atoms with Crippen LogP contribution in [-0.4, -0.2) is 40.7 Å². The number of hydrogen-bond acceptors (Lipinski definition) is 6. The molecule has 0 radical (unpaired) electrons. The highest BCUT2D eigenvalue weighted by Crippen LogP contribution is 2.31. The van der Waals surface area contributed by atoms with Gasteiger partial charge in [-0.2, -0.15) is 0 Å². The normalized spacial score (nSPS) is 16.1. The summed E-state index contributed by atoms with van der Waals surface area (Å²) in [5.74, 6) is -0.313. The van der Waals surface area contributed by atoms with Gasteiger partial charge in [-0.3, -0.25) is 4.98 Å². The summed E-state index contributed by atoms with van der Waals surface area (Å²) in [6.45, 7) is 1.26. The second kappa shape index (κ2) is 10.0. The fourth-order valence-electron chi connectivity index (χ4n) is 3.97. The van der Waals surface area contributed by atoms with Gasteiger partial charge in [0.05, 0.1) is 11.4 Å². The van der Waals surface area contributed by atoms with Crippen molar-refractivity contribution in [3.05, 3.63) is 83.8 Å². The third-order valence-corrected chi connectivity index (χ3v) is 5.45. The number of anilines is 1. The van der Waals surface area contributed by atoms with Crippen LogP contribution in [0.4, 0.5) is 5.69 Å². The molecule has 0 aliphatic carbocycles. The topological polar surface area (TPSA) is 96.4 Å². The minimum Gasteiger partial charge on any atom is -0.479 e. The molecule has 0 saturated carbocycles. The minimum absolute atomic E-state index is 0.188. The lowest BCUT2D eigenvalue weighted by Gasteiger charge is -2.33. The van der Waals surface area contributed by atoms with E-state index in [9.17, 15) is 4.79 Å². The maximum atomic E-state index is 10.7. The number of aliphatic carboxylic acids is 1. The van der Waals surface area contributed by atoms with Gasteiger partial charge in [-0.25, -0.2) is 9.78 Å². The Hall–Kier alpha value is -3.45. The molecule has 1 aliphatic heterocycles. The number of ether oxygens (including phenoxy) is 1. The van der Waals surface area contributed by atoms with E-state index in [-0.39, 0.29) is 6.04 Å². The number of fused-ring (bicyclic) bond motifs is 1. The molecule has 3 heterocycles. The first-order valence-corrected chi connectivity index (χ1v) is 10.4. The number of rotatable bonds is 9. The number of nitrogens with zero attached hydrogens (tertiary/aromatic N) is 2. The van der Waals surface area contributed by atoms with Gasteiger partial charge < -0.3 is 20.5 Å². The van der Waals surface area contributed by atoms with Crippen LogP contribution < -0.4 is 15.4 Å². The molecule has 7 heteroatoms. The number of nitrogens with one attached hydrogen (secondary N) is 2. The number of carboxylic acids is 1. The number of benzene rings is 1. The molecular weight excluding hydrogens is 392 g/mol. The number of aromatic nitrogens is 2. The Morgan fingerprint density at radius 3 is 2.87 bits per heavy atom. The summed E-state index contributed by atoms with van der Waals surface area (Å²) < 4.78 is 5.19. The van der Waals surface area contributed by atoms with Crippen molar-refractivity contribution in [2.45, 2.75) is 18.9 Å². The van der Waals surface area contributed by atoms with Crippen molar-refractivity contribution in [2.24, 2.45) is 5.92 Å². The number of carboxylic acid groups (broad SMARTS) is 1. The standard InChI is InChI=1S/C24H26N4O3/c29-23(30)16-31-22-13-17(8-11-26-22)9-12-27-24(18-5-2-1-3-6-18)19-14-21-20(28-15-19)7-4-10-25-21/h1-8,10-11,13,19,24,27-28H,9,12,14-16H2,(H,29,30)/t19-,24-/m1/s1. The van der Waals surface area contributed by atoms with Crippen molar-refractivity contribution in [3.8, 4) is 5.88 Å². The highest BCUT2D eigenvalue weighted by Gasteiger charge is 2.27. The Kier molecular flexibility index (Phi) is 6.74. The Morgan fingerprint density at radius 1 is 1.16 bits per heavy atom. The second-order valence-electron chi connectivity index (χ2n) is 7.62. The van der Waals surface area contributed by atoms with Crippen LogP contribution in [0.2, 0.25) is 0 Å². The van der Waals surface area contributed by atoms with Crippen LogP contribution in [0, 0.1) is 5.92 Å². The molecule has 3 aromatic rings. The quantitative estimate of drug-likeness (QED) is 0.491. The van der Waals surface area contributed by atoms with E-state index >= 15 is 0 Å². The summed E-state index contributed by atoms with van der Waals surface area (Å²) in [6.07, 6.45) is 5.19. The lowest BCUT2D eigenvalue weighted by molar-refractivity contribution is -0.139. The molecule has 160 valence electrons. The number of pyridine rings is 2. The van der Waals surface area contributed by atoms with Crippen LogP contribution in [-0.2, 0) is 17.6 Å². The molecule has 2 aromatic heterocycles.